The van der Waals surface area contributed by atoms with Gasteiger partial charge in [-0.1, -0.05) is 6.92 Å². The summed E-state index contributed by atoms with van der Waals surface area (Å²) < 4.78 is 0. The van der Waals surface area contributed by atoms with Crippen LogP contribution < -0.4 is 5.73 Å². The molecule has 0 radical (unpaired) electrons. The number of aromatic nitrogens is 1. The highest BCUT2D eigenvalue weighted by Gasteiger charge is 2.35. The first-order valence-corrected chi connectivity index (χ1v) is 10.1. The standard InChI is InChI=1S/C18H30N4OS/c1-13-4-3-7-22(17(13)10-19)18(23)15-5-8-21(9-6-15)11-16-12-24-14(2)20-16/h12-13,15,17H,3-11,19H2,1-2H3/t13-,17-/m1/s1. The van der Waals surface area contributed by atoms with Gasteiger partial charge in [-0.05, 0) is 51.6 Å². The molecule has 2 fully saturated rings. The number of aryl methyl sites for hydroxylation is 1. The number of hydrogen-bond donors (Lipinski definition) is 1. The van der Waals surface area contributed by atoms with Gasteiger partial charge in [0.05, 0.1) is 10.7 Å². The zero-order valence-corrected chi connectivity index (χ0v) is 15.7. The zero-order chi connectivity index (χ0) is 17.1. The second kappa shape index (κ2) is 7.93. The third-order valence-electron chi connectivity index (χ3n) is 5.63. The van der Waals surface area contributed by atoms with Crippen LogP contribution in [0.15, 0.2) is 5.38 Å². The van der Waals surface area contributed by atoms with Gasteiger partial charge in [-0.15, -0.1) is 11.3 Å². The number of nitrogens with zero attached hydrogens (tertiary/aromatic N) is 3. The van der Waals surface area contributed by atoms with Gasteiger partial charge in [-0.25, -0.2) is 4.98 Å². The van der Waals surface area contributed by atoms with Gasteiger partial charge in [0.1, 0.15) is 0 Å². The highest BCUT2D eigenvalue weighted by atomic mass is 32.1. The van der Waals surface area contributed by atoms with Crippen LogP contribution in [0.3, 0.4) is 0 Å². The maximum Gasteiger partial charge on any atom is 0.226 e. The molecule has 0 bridgehead atoms. The highest BCUT2D eigenvalue weighted by molar-refractivity contribution is 7.09. The number of rotatable bonds is 4. The Hall–Kier alpha value is -0.980. The molecule has 2 aliphatic rings. The Bertz CT molecular complexity index is 553. The van der Waals surface area contributed by atoms with Crippen molar-refractivity contribution in [3.05, 3.63) is 16.1 Å². The lowest BCUT2D eigenvalue weighted by atomic mass is 9.88. The van der Waals surface area contributed by atoms with Crippen molar-refractivity contribution in [3.8, 4) is 0 Å². The van der Waals surface area contributed by atoms with E-state index >= 15 is 0 Å². The van der Waals surface area contributed by atoms with Crippen molar-refractivity contribution in [1.82, 2.24) is 14.8 Å². The number of nitrogens with two attached hydrogens (primary N) is 1. The topological polar surface area (TPSA) is 62.5 Å². The zero-order valence-electron chi connectivity index (χ0n) is 14.9. The molecule has 3 heterocycles. The lowest BCUT2D eigenvalue weighted by Crippen LogP contribution is -2.54. The SMILES string of the molecule is Cc1nc(CN2CCC(C(=O)N3CCC[C@@H](C)[C@H]3CN)CC2)cs1. The van der Waals surface area contributed by atoms with E-state index in [1.807, 2.05) is 6.92 Å². The van der Waals surface area contributed by atoms with E-state index in [4.69, 9.17) is 5.73 Å². The average Bonchev–Trinajstić information content (AvgIpc) is 2.99. The second-order valence-corrected chi connectivity index (χ2v) is 8.42. The van der Waals surface area contributed by atoms with E-state index in [0.717, 1.165) is 56.1 Å². The molecule has 2 saturated heterocycles. The normalized spacial score (nSPS) is 26.7. The van der Waals surface area contributed by atoms with Crippen molar-refractivity contribution in [3.63, 3.8) is 0 Å². The fourth-order valence-electron chi connectivity index (χ4n) is 4.16. The molecule has 1 aromatic heterocycles. The summed E-state index contributed by atoms with van der Waals surface area (Å²) in [7, 11) is 0. The number of carbonyl (C=O) groups is 1. The molecule has 3 rings (SSSR count). The lowest BCUT2D eigenvalue weighted by molar-refractivity contribution is -0.142. The van der Waals surface area contributed by atoms with Gasteiger partial charge in [0.15, 0.2) is 0 Å². The Morgan fingerprint density at radius 3 is 2.71 bits per heavy atom. The molecule has 6 heteroatoms. The summed E-state index contributed by atoms with van der Waals surface area (Å²) in [5.74, 6) is 1.06. The first-order chi connectivity index (χ1) is 11.6. The molecule has 0 unspecified atom stereocenters. The smallest absolute Gasteiger partial charge is 0.226 e. The predicted molar refractivity (Wildman–Crippen MR) is 97.8 cm³/mol. The van der Waals surface area contributed by atoms with Crippen LogP contribution in [0.4, 0.5) is 0 Å². The predicted octanol–water partition coefficient (Wildman–Crippen LogP) is 2.25. The summed E-state index contributed by atoms with van der Waals surface area (Å²) in [6.45, 7) is 8.66. The van der Waals surface area contributed by atoms with Crippen LogP contribution in [0.25, 0.3) is 0 Å². The first-order valence-electron chi connectivity index (χ1n) is 9.22. The fourth-order valence-corrected chi connectivity index (χ4v) is 4.77. The van der Waals surface area contributed by atoms with E-state index in [2.05, 4.69) is 27.1 Å². The van der Waals surface area contributed by atoms with Gasteiger partial charge < -0.3 is 10.6 Å². The van der Waals surface area contributed by atoms with Gasteiger partial charge in [0.25, 0.3) is 0 Å². The highest BCUT2D eigenvalue weighted by Crippen LogP contribution is 2.28. The maximum absolute atomic E-state index is 13.0. The summed E-state index contributed by atoms with van der Waals surface area (Å²) in [4.78, 5) is 22.1. The monoisotopic (exact) mass is 350 g/mol. The van der Waals surface area contributed by atoms with Crippen LogP contribution in [-0.2, 0) is 11.3 Å². The molecule has 2 atom stereocenters. The Morgan fingerprint density at radius 2 is 2.08 bits per heavy atom. The maximum atomic E-state index is 13.0. The molecule has 0 spiro atoms. The third-order valence-corrected chi connectivity index (χ3v) is 6.45. The number of amides is 1. The number of piperidine rings is 2. The molecule has 5 nitrogen and oxygen atoms in total. The van der Waals surface area contributed by atoms with E-state index in [1.54, 1.807) is 11.3 Å². The van der Waals surface area contributed by atoms with E-state index in [9.17, 15) is 4.79 Å². The van der Waals surface area contributed by atoms with Crippen LogP contribution in [0, 0.1) is 18.8 Å². The first kappa shape index (κ1) is 17.8. The Labute approximate surface area is 149 Å². The van der Waals surface area contributed by atoms with Crippen LogP contribution in [0.2, 0.25) is 0 Å². The molecule has 1 aromatic rings. The molecule has 0 saturated carbocycles. The number of carbonyl (C=O) groups excluding carboxylic acids is 1. The number of likely N-dealkylation sites (tertiary alicyclic amines) is 2. The Kier molecular flexibility index (Phi) is 5.89. The van der Waals surface area contributed by atoms with Gasteiger partial charge in [-0.2, -0.15) is 0 Å². The van der Waals surface area contributed by atoms with Gasteiger partial charge >= 0.3 is 0 Å². The van der Waals surface area contributed by atoms with Gasteiger partial charge in [-0.3, -0.25) is 9.69 Å². The third kappa shape index (κ3) is 3.98. The largest absolute Gasteiger partial charge is 0.338 e. The summed E-state index contributed by atoms with van der Waals surface area (Å²) in [5.41, 5.74) is 7.12. The van der Waals surface area contributed by atoms with Crippen molar-refractivity contribution >= 4 is 17.2 Å². The van der Waals surface area contributed by atoms with E-state index in [-0.39, 0.29) is 12.0 Å². The minimum atomic E-state index is 0.178. The van der Waals surface area contributed by atoms with E-state index in [1.165, 1.54) is 6.42 Å². The average molecular weight is 351 g/mol. The van der Waals surface area contributed by atoms with E-state index in [0.29, 0.717) is 18.4 Å². The van der Waals surface area contributed by atoms with Crippen LogP contribution in [0.5, 0.6) is 0 Å². The molecule has 134 valence electrons. The minimum Gasteiger partial charge on any atom is -0.338 e. The number of hydrogen-bond acceptors (Lipinski definition) is 5. The van der Waals surface area contributed by atoms with E-state index < -0.39 is 0 Å². The van der Waals surface area contributed by atoms with Crippen molar-refractivity contribution < 1.29 is 4.79 Å². The molecule has 0 aliphatic carbocycles. The molecule has 0 aromatic carbocycles. The molecular formula is C18H30N4OS. The van der Waals surface area contributed by atoms with Crippen molar-refractivity contribution in [2.24, 2.45) is 17.6 Å². The van der Waals surface area contributed by atoms with Crippen LogP contribution in [-0.4, -0.2) is 52.9 Å². The summed E-state index contributed by atoms with van der Waals surface area (Å²) in [6, 6.07) is 0.238. The summed E-state index contributed by atoms with van der Waals surface area (Å²) >= 11 is 1.71. The summed E-state index contributed by atoms with van der Waals surface area (Å²) in [5, 5.41) is 3.27. The minimum absolute atomic E-state index is 0.178. The van der Waals surface area contributed by atoms with Crippen molar-refractivity contribution in [1.29, 1.82) is 0 Å². The molecule has 2 N–H and O–H groups in total. The molecule has 2 aliphatic heterocycles. The molecule has 24 heavy (non-hydrogen) atoms. The molecule has 1 amide bonds. The Balaban J connectivity index is 1.53. The molecular weight excluding hydrogens is 320 g/mol. The van der Waals surface area contributed by atoms with Crippen LogP contribution in [0.1, 0.15) is 43.3 Å². The van der Waals surface area contributed by atoms with Crippen molar-refractivity contribution in [2.75, 3.05) is 26.2 Å². The number of thiazole rings is 1. The lowest BCUT2D eigenvalue weighted by Gasteiger charge is -2.42. The van der Waals surface area contributed by atoms with Gasteiger partial charge in [0.2, 0.25) is 5.91 Å². The van der Waals surface area contributed by atoms with Crippen LogP contribution >= 0.6 is 11.3 Å². The Morgan fingerprint density at radius 1 is 1.33 bits per heavy atom. The summed E-state index contributed by atoms with van der Waals surface area (Å²) in [6.07, 6.45) is 4.23. The second-order valence-electron chi connectivity index (χ2n) is 7.36. The van der Waals surface area contributed by atoms with Crippen molar-refractivity contribution in [2.45, 2.75) is 52.1 Å². The van der Waals surface area contributed by atoms with Gasteiger partial charge in [0, 0.05) is 37.0 Å². The quantitative estimate of drug-likeness (QED) is 0.905. The fraction of sp³-hybridized carbons (Fsp3) is 0.778.